The van der Waals surface area contributed by atoms with Crippen molar-refractivity contribution < 1.29 is 4.74 Å². The van der Waals surface area contributed by atoms with Gasteiger partial charge in [-0.25, -0.2) is 0 Å². The van der Waals surface area contributed by atoms with Gasteiger partial charge in [-0.15, -0.1) is 0 Å². The third kappa shape index (κ3) is 3.47. The lowest BCUT2D eigenvalue weighted by atomic mass is 10.3. The van der Waals surface area contributed by atoms with Crippen LogP contribution in [0.3, 0.4) is 0 Å². The Labute approximate surface area is 107 Å². The van der Waals surface area contributed by atoms with E-state index in [9.17, 15) is 0 Å². The largest absolute Gasteiger partial charge is 0.496 e. The number of benzene rings is 1. The summed E-state index contributed by atoms with van der Waals surface area (Å²) in [5.41, 5.74) is 0. The zero-order valence-electron chi connectivity index (χ0n) is 10.9. The molecule has 1 aliphatic rings. The van der Waals surface area contributed by atoms with E-state index in [2.05, 4.69) is 50.3 Å². The minimum Gasteiger partial charge on any atom is -0.496 e. The summed E-state index contributed by atoms with van der Waals surface area (Å²) in [6.07, 6.45) is 6.97. The summed E-state index contributed by atoms with van der Waals surface area (Å²) in [6.45, 7) is 4.52. The summed E-state index contributed by atoms with van der Waals surface area (Å²) >= 11 is 0. The second-order valence-electron chi connectivity index (χ2n) is 5.13. The molecule has 1 atom stereocenters. The lowest BCUT2D eigenvalue weighted by molar-refractivity contribution is 0.0831. The maximum Gasteiger partial charge on any atom is 0.107 e. The van der Waals surface area contributed by atoms with Crippen molar-refractivity contribution in [3.8, 4) is 0 Å². The lowest BCUT2D eigenvalue weighted by Gasteiger charge is -2.30. The van der Waals surface area contributed by atoms with Crippen molar-refractivity contribution in [2.45, 2.75) is 44.8 Å². The van der Waals surface area contributed by atoms with Gasteiger partial charge in [-0.2, -0.15) is 0 Å². The van der Waals surface area contributed by atoms with Gasteiger partial charge < -0.3 is 4.74 Å². The van der Waals surface area contributed by atoms with Gasteiger partial charge in [0.25, 0.3) is 0 Å². The third-order valence-electron chi connectivity index (χ3n) is 3.55. The maximum absolute atomic E-state index is 6.27. The van der Waals surface area contributed by atoms with Gasteiger partial charge in [-0.05, 0) is 32.3 Å². The Balaban J connectivity index is 2.03. The van der Waals surface area contributed by atoms with E-state index in [1.165, 1.54) is 23.8 Å². The molecule has 1 aliphatic carbocycles. The first-order valence-electron chi connectivity index (χ1n) is 6.64. The molecule has 0 heterocycles. The van der Waals surface area contributed by atoms with E-state index in [-0.39, 0.29) is 5.22 Å². The smallest absolute Gasteiger partial charge is 0.107 e. The van der Waals surface area contributed by atoms with Gasteiger partial charge in [0.2, 0.25) is 0 Å². The normalized spacial score (nSPS) is 19.3. The van der Waals surface area contributed by atoms with E-state index in [1.54, 1.807) is 0 Å². The van der Waals surface area contributed by atoms with Crippen molar-refractivity contribution in [2.24, 2.45) is 0 Å². The molecule has 0 N–H and O–H groups in total. The fourth-order valence-electron chi connectivity index (χ4n) is 2.31. The van der Waals surface area contributed by atoms with Gasteiger partial charge >= 0.3 is 0 Å². The first-order valence-corrected chi connectivity index (χ1v) is 8.05. The Bertz CT molecular complexity index is 385. The number of hydrogen-bond donors (Lipinski definition) is 0. The molecule has 0 spiro atoms. The molecule has 2 heteroatoms. The first-order chi connectivity index (χ1) is 8.22. The van der Waals surface area contributed by atoms with E-state index in [0.717, 1.165) is 12.8 Å². The monoisotopic (exact) mass is 246 g/mol. The fraction of sp³-hybridized carbons (Fsp3) is 0.467. The maximum atomic E-state index is 6.27. The molecule has 92 valence electrons. The SMILES string of the molecule is CCC(C)(OC1=CCCC1)[SiH2]c1ccccc1. The molecule has 1 aromatic rings. The number of rotatable bonds is 5. The molecule has 1 nitrogen and oxygen atoms in total. The Morgan fingerprint density at radius 1 is 1.29 bits per heavy atom. The van der Waals surface area contributed by atoms with Gasteiger partial charge in [0, 0.05) is 6.42 Å². The summed E-state index contributed by atoms with van der Waals surface area (Å²) in [5, 5.41) is 1.58. The van der Waals surface area contributed by atoms with Crippen molar-refractivity contribution in [2.75, 3.05) is 0 Å². The summed E-state index contributed by atoms with van der Waals surface area (Å²) in [4.78, 5) is 0. The predicted octanol–water partition coefficient (Wildman–Crippen LogP) is 2.69. The molecule has 0 radical (unpaired) electrons. The van der Waals surface area contributed by atoms with E-state index < -0.39 is 9.52 Å². The molecular weight excluding hydrogens is 224 g/mol. The van der Waals surface area contributed by atoms with Gasteiger partial charge in [-0.1, -0.05) is 42.4 Å². The Morgan fingerprint density at radius 2 is 2.06 bits per heavy atom. The predicted molar refractivity (Wildman–Crippen MR) is 76.3 cm³/mol. The molecule has 0 aromatic heterocycles. The van der Waals surface area contributed by atoms with Crippen LogP contribution >= 0.6 is 0 Å². The van der Waals surface area contributed by atoms with Crippen LogP contribution in [0.25, 0.3) is 0 Å². The summed E-state index contributed by atoms with van der Waals surface area (Å²) in [6, 6.07) is 10.8. The summed E-state index contributed by atoms with van der Waals surface area (Å²) in [7, 11) is -0.391. The molecule has 0 bridgehead atoms. The van der Waals surface area contributed by atoms with Crippen LogP contribution < -0.4 is 5.19 Å². The molecular formula is C15H22OSi. The van der Waals surface area contributed by atoms with E-state index in [1.807, 2.05) is 0 Å². The van der Waals surface area contributed by atoms with Crippen LogP contribution in [-0.2, 0) is 4.74 Å². The second kappa shape index (κ2) is 5.54. The number of hydrogen-bond acceptors (Lipinski definition) is 1. The molecule has 0 saturated carbocycles. The van der Waals surface area contributed by atoms with Gasteiger partial charge in [-0.3, -0.25) is 0 Å². The van der Waals surface area contributed by atoms with Crippen LogP contribution in [0, 0.1) is 0 Å². The highest BCUT2D eigenvalue weighted by Crippen LogP contribution is 2.25. The topological polar surface area (TPSA) is 9.23 Å². The average molecular weight is 246 g/mol. The Morgan fingerprint density at radius 3 is 2.65 bits per heavy atom. The minimum absolute atomic E-state index is 0.0809. The van der Waals surface area contributed by atoms with Crippen molar-refractivity contribution in [1.82, 2.24) is 0 Å². The van der Waals surface area contributed by atoms with Crippen LogP contribution in [-0.4, -0.2) is 14.7 Å². The van der Waals surface area contributed by atoms with Crippen molar-refractivity contribution >= 4 is 14.7 Å². The molecule has 0 aliphatic heterocycles. The van der Waals surface area contributed by atoms with E-state index in [0.29, 0.717) is 0 Å². The highest BCUT2D eigenvalue weighted by molar-refractivity contribution is 6.56. The molecule has 1 aromatic carbocycles. The van der Waals surface area contributed by atoms with Gasteiger partial charge in [0.05, 0.1) is 11.0 Å². The molecule has 17 heavy (non-hydrogen) atoms. The standard InChI is InChI=1S/C15H22OSi/c1-3-15(2,16-13-9-7-8-10-13)17-14-11-5-4-6-12-14/h4-6,9,11-12H,3,7-8,10,17H2,1-2H3. The van der Waals surface area contributed by atoms with Crippen LogP contribution in [0.1, 0.15) is 39.5 Å². The zero-order chi connectivity index (χ0) is 12.1. The lowest BCUT2D eigenvalue weighted by Crippen LogP contribution is -2.41. The van der Waals surface area contributed by atoms with E-state index >= 15 is 0 Å². The fourth-order valence-corrected chi connectivity index (χ4v) is 4.19. The van der Waals surface area contributed by atoms with Crippen LogP contribution in [0.5, 0.6) is 0 Å². The van der Waals surface area contributed by atoms with Crippen LogP contribution in [0.4, 0.5) is 0 Å². The zero-order valence-corrected chi connectivity index (χ0v) is 12.3. The van der Waals surface area contributed by atoms with Crippen molar-refractivity contribution in [3.63, 3.8) is 0 Å². The number of ether oxygens (including phenoxy) is 1. The van der Waals surface area contributed by atoms with Gasteiger partial charge in [0.15, 0.2) is 0 Å². The van der Waals surface area contributed by atoms with Crippen LogP contribution in [0.2, 0.25) is 0 Å². The minimum atomic E-state index is -0.391. The highest BCUT2D eigenvalue weighted by Gasteiger charge is 2.26. The van der Waals surface area contributed by atoms with Crippen LogP contribution in [0.15, 0.2) is 42.2 Å². The quantitative estimate of drug-likeness (QED) is 0.726. The molecule has 0 amide bonds. The summed E-state index contributed by atoms with van der Waals surface area (Å²) in [5.74, 6) is 1.23. The Kier molecular flexibility index (Phi) is 4.05. The van der Waals surface area contributed by atoms with Crippen molar-refractivity contribution in [3.05, 3.63) is 42.2 Å². The molecule has 0 fully saturated rings. The highest BCUT2D eigenvalue weighted by atomic mass is 28.2. The van der Waals surface area contributed by atoms with Crippen molar-refractivity contribution in [1.29, 1.82) is 0 Å². The van der Waals surface area contributed by atoms with Gasteiger partial charge in [0.1, 0.15) is 9.52 Å². The van der Waals surface area contributed by atoms with E-state index in [4.69, 9.17) is 4.74 Å². The molecule has 2 rings (SSSR count). The molecule has 0 saturated heterocycles. The summed E-state index contributed by atoms with van der Waals surface area (Å²) < 4.78 is 6.27. The first kappa shape index (κ1) is 12.4. The third-order valence-corrected chi connectivity index (χ3v) is 5.82. The second-order valence-corrected chi connectivity index (χ2v) is 7.80. The molecule has 1 unspecified atom stereocenters. The Hall–Kier alpha value is -1.02. The number of allylic oxidation sites excluding steroid dienone is 2. The average Bonchev–Trinajstić information content (AvgIpc) is 2.83.